The van der Waals surface area contributed by atoms with Crippen molar-refractivity contribution in [3.8, 4) is 0 Å². The highest BCUT2D eigenvalue weighted by Gasteiger charge is 2.20. The molecule has 0 bridgehead atoms. The Hall–Kier alpha value is -2.41. The fourth-order valence-corrected chi connectivity index (χ4v) is 1.55. The van der Waals surface area contributed by atoms with Crippen LogP contribution in [0.5, 0.6) is 0 Å². The van der Waals surface area contributed by atoms with E-state index < -0.39 is 24.0 Å². The number of carbonyl (C=O) groups excluding carboxylic acids is 2. The first-order valence-corrected chi connectivity index (χ1v) is 6.35. The number of hydrogen-bond acceptors (Lipinski definition) is 4. The lowest BCUT2D eigenvalue weighted by Crippen LogP contribution is -2.47. The van der Waals surface area contributed by atoms with E-state index in [-0.39, 0.29) is 12.5 Å². The SMILES string of the molecule is COC(CNC(=O)C(C)NC(=O)c1ccccc1)C(=O)O. The maximum absolute atomic E-state index is 11.9. The van der Waals surface area contributed by atoms with Gasteiger partial charge in [-0.15, -0.1) is 0 Å². The fourth-order valence-electron chi connectivity index (χ4n) is 1.55. The standard InChI is InChI=1S/C14H18N2O5/c1-9(12(17)15-8-11(21-2)14(19)20)16-13(18)10-6-4-3-5-7-10/h3-7,9,11H,8H2,1-2H3,(H,15,17)(H,16,18)(H,19,20). The summed E-state index contributed by atoms with van der Waals surface area (Å²) in [7, 11) is 1.24. The fraction of sp³-hybridized carbons (Fsp3) is 0.357. The van der Waals surface area contributed by atoms with Gasteiger partial charge in [-0.3, -0.25) is 9.59 Å². The third kappa shape index (κ3) is 5.23. The second-order valence-electron chi connectivity index (χ2n) is 4.37. The predicted octanol–water partition coefficient (Wildman–Crippen LogP) is 0.0207. The zero-order valence-corrected chi connectivity index (χ0v) is 11.8. The van der Waals surface area contributed by atoms with Gasteiger partial charge in [0.05, 0.1) is 6.54 Å². The molecule has 0 spiro atoms. The molecule has 2 amide bonds. The molecule has 0 heterocycles. The number of hydrogen-bond donors (Lipinski definition) is 3. The lowest BCUT2D eigenvalue weighted by molar-refractivity contribution is -0.148. The Morgan fingerprint density at radius 2 is 1.86 bits per heavy atom. The van der Waals surface area contributed by atoms with E-state index in [4.69, 9.17) is 9.84 Å². The van der Waals surface area contributed by atoms with Crippen molar-refractivity contribution in [2.24, 2.45) is 0 Å². The van der Waals surface area contributed by atoms with Gasteiger partial charge >= 0.3 is 5.97 Å². The van der Waals surface area contributed by atoms with Crippen molar-refractivity contribution in [3.63, 3.8) is 0 Å². The Morgan fingerprint density at radius 1 is 1.24 bits per heavy atom. The number of amides is 2. The van der Waals surface area contributed by atoms with Crippen LogP contribution in [0, 0.1) is 0 Å². The van der Waals surface area contributed by atoms with E-state index in [1.165, 1.54) is 14.0 Å². The number of carboxylic acids is 1. The zero-order valence-electron chi connectivity index (χ0n) is 11.8. The van der Waals surface area contributed by atoms with Gasteiger partial charge in [0.15, 0.2) is 6.10 Å². The van der Waals surface area contributed by atoms with E-state index >= 15 is 0 Å². The van der Waals surface area contributed by atoms with Crippen molar-refractivity contribution in [1.82, 2.24) is 10.6 Å². The first-order valence-electron chi connectivity index (χ1n) is 6.35. The maximum atomic E-state index is 11.9. The second kappa shape index (κ2) is 8.01. The molecule has 7 heteroatoms. The van der Waals surface area contributed by atoms with Crippen molar-refractivity contribution in [3.05, 3.63) is 35.9 Å². The van der Waals surface area contributed by atoms with Gasteiger partial charge < -0.3 is 20.5 Å². The highest BCUT2D eigenvalue weighted by atomic mass is 16.5. The topological polar surface area (TPSA) is 105 Å². The van der Waals surface area contributed by atoms with Gasteiger partial charge in [0.2, 0.25) is 5.91 Å². The van der Waals surface area contributed by atoms with Crippen LogP contribution in [0.3, 0.4) is 0 Å². The first kappa shape index (κ1) is 16.6. The molecule has 21 heavy (non-hydrogen) atoms. The maximum Gasteiger partial charge on any atom is 0.334 e. The molecule has 1 aromatic rings. The van der Waals surface area contributed by atoms with E-state index in [9.17, 15) is 14.4 Å². The summed E-state index contributed by atoms with van der Waals surface area (Å²) in [5, 5.41) is 13.7. The van der Waals surface area contributed by atoms with Crippen LogP contribution in [0.1, 0.15) is 17.3 Å². The Labute approximate surface area is 122 Å². The Bertz CT molecular complexity index is 503. The van der Waals surface area contributed by atoms with E-state index in [0.717, 1.165) is 0 Å². The molecule has 0 aromatic heterocycles. The Morgan fingerprint density at radius 3 is 2.38 bits per heavy atom. The van der Waals surface area contributed by atoms with Crippen LogP contribution in [0.4, 0.5) is 0 Å². The van der Waals surface area contributed by atoms with Crippen molar-refractivity contribution >= 4 is 17.8 Å². The Kier molecular flexibility index (Phi) is 6.35. The molecule has 3 N–H and O–H groups in total. The average molecular weight is 294 g/mol. The number of aliphatic carboxylic acids is 1. The van der Waals surface area contributed by atoms with Crippen LogP contribution in [-0.2, 0) is 14.3 Å². The van der Waals surface area contributed by atoms with Gasteiger partial charge in [0.25, 0.3) is 5.91 Å². The number of rotatable bonds is 7. The number of ether oxygens (including phenoxy) is 1. The zero-order chi connectivity index (χ0) is 15.8. The minimum absolute atomic E-state index is 0.170. The lowest BCUT2D eigenvalue weighted by atomic mass is 10.2. The molecule has 0 fully saturated rings. The van der Waals surface area contributed by atoms with Gasteiger partial charge in [-0.05, 0) is 19.1 Å². The highest BCUT2D eigenvalue weighted by molar-refractivity contribution is 5.97. The normalized spacial score (nSPS) is 13.0. The van der Waals surface area contributed by atoms with Gasteiger partial charge in [-0.25, -0.2) is 4.79 Å². The molecule has 1 aromatic carbocycles. The summed E-state index contributed by atoms with van der Waals surface area (Å²) in [5.74, 6) is -2.03. The quantitative estimate of drug-likeness (QED) is 0.657. The van der Waals surface area contributed by atoms with Crippen LogP contribution >= 0.6 is 0 Å². The molecule has 114 valence electrons. The van der Waals surface area contributed by atoms with E-state index in [1.54, 1.807) is 30.3 Å². The molecule has 2 atom stereocenters. The van der Waals surface area contributed by atoms with Crippen LogP contribution < -0.4 is 10.6 Å². The summed E-state index contributed by atoms with van der Waals surface area (Å²) in [5.41, 5.74) is 0.442. The lowest BCUT2D eigenvalue weighted by Gasteiger charge is -2.16. The molecular weight excluding hydrogens is 276 g/mol. The van der Waals surface area contributed by atoms with Crippen molar-refractivity contribution in [2.75, 3.05) is 13.7 Å². The van der Waals surface area contributed by atoms with Crippen LogP contribution in [-0.4, -0.2) is 48.7 Å². The minimum Gasteiger partial charge on any atom is -0.479 e. The summed E-state index contributed by atoms with van der Waals surface area (Å²) in [6.45, 7) is 1.34. The van der Waals surface area contributed by atoms with Crippen LogP contribution in [0.2, 0.25) is 0 Å². The van der Waals surface area contributed by atoms with Crippen molar-refractivity contribution in [1.29, 1.82) is 0 Å². The summed E-state index contributed by atoms with van der Waals surface area (Å²) >= 11 is 0. The predicted molar refractivity (Wildman–Crippen MR) is 74.8 cm³/mol. The number of carbonyl (C=O) groups is 3. The monoisotopic (exact) mass is 294 g/mol. The summed E-state index contributed by atoms with van der Waals surface area (Å²) in [6.07, 6.45) is -1.12. The largest absolute Gasteiger partial charge is 0.479 e. The molecule has 7 nitrogen and oxygen atoms in total. The van der Waals surface area contributed by atoms with Crippen LogP contribution in [0.25, 0.3) is 0 Å². The number of carboxylic acid groups (broad SMARTS) is 1. The molecule has 1 rings (SSSR count). The molecule has 0 saturated heterocycles. The number of benzene rings is 1. The average Bonchev–Trinajstić information content (AvgIpc) is 2.48. The molecule has 0 saturated carbocycles. The Balaban J connectivity index is 2.48. The number of methoxy groups -OCH3 is 1. The molecule has 0 aliphatic heterocycles. The first-order chi connectivity index (χ1) is 9.95. The summed E-state index contributed by atoms with van der Waals surface area (Å²) in [6, 6.07) is 7.69. The van der Waals surface area contributed by atoms with Gasteiger partial charge in [-0.2, -0.15) is 0 Å². The number of nitrogens with one attached hydrogen (secondary N) is 2. The third-order valence-corrected chi connectivity index (χ3v) is 2.80. The van der Waals surface area contributed by atoms with E-state index in [1.807, 2.05) is 0 Å². The van der Waals surface area contributed by atoms with E-state index in [0.29, 0.717) is 5.56 Å². The highest BCUT2D eigenvalue weighted by Crippen LogP contribution is 1.99. The molecule has 0 radical (unpaired) electrons. The molecular formula is C14H18N2O5. The van der Waals surface area contributed by atoms with Gasteiger partial charge in [0.1, 0.15) is 6.04 Å². The minimum atomic E-state index is -1.17. The third-order valence-electron chi connectivity index (χ3n) is 2.80. The van der Waals surface area contributed by atoms with E-state index in [2.05, 4.69) is 10.6 Å². The van der Waals surface area contributed by atoms with Crippen LogP contribution in [0.15, 0.2) is 30.3 Å². The van der Waals surface area contributed by atoms with Crippen molar-refractivity contribution in [2.45, 2.75) is 19.1 Å². The second-order valence-corrected chi connectivity index (χ2v) is 4.37. The summed E-state index contributed by atoms with van der Waals surface area (Å²) < 4.78 is 4.69. The van der Waals surface area contributed by atoms with Gasteiger partial charge in [0, 0.05) is 12.7 Å². The molecule has 0 aliphatic rings. The summed E-state index contributed by atoms with van der Waals surface area (Å²) in [4.78, 5) is 34.4. The smallest absolute Gasteiger partial charge is 0.334 e. The van der Waals surface area contributed by atoms with Crippen molar-refractivity contribution < 1.29 is 24.2 Å². The molecule has 0 aliphatic carbocycles. The van der Waals surface area contributed by atoms with Gasteiger partial charge in [-0.1, -0.05) is 18.2 Å². The molecule has 2 unspecified atom stereocenters.